The minimum atomic E-state index is -0.781. The number of nitrogens with one attached hydrogen (secondary N) is 1. The highest BCUT2D eigenvalue weighted by Crippen LogP contribution is 2.24. The van der Waals surface area contributed by atoms with Crippen LogP contribution < -0.4 is 5.32 Å². The molecule has 0 atom stereocenters. The molecule has 0 unspecified atom stereocenters. The van der Waals surface area contributed by atoms with E-state index in [4.69, 9.17) is 5.11 Å². The SMILES string of the molecule is Oc1ccc(CNc2c(F)cc(Br)cc2F)cc1F. The van der Waals surface area contributed by atoms with Crippen molar-refractivity contribution in [2.75, 3.05) is 5.32 Å². The van der Waals surface area contributed by atoms with Crippen molar-refractivity contribution in [1.29, 1.82) is 0 Å². The van der Waals surface area contributed by atoms with Crippen molar-refractivity contribution in [2.24, 2.45) is 0 Å². The third-order valence-corrected chi connectivity index (χ3v) is 2.95. The lowest BCUT2D eigenvalue weighted by atomic mass is 10.2. The number of halogens is 4. The van der Waals surface area contributed by atoms with Crippen LogP contribution in [0.5, 0.6) is 5.75 Å². The second kappa shape index (κ2) is 5.52. The smallest absolute Gasteiger partial charge is 0.165 e. The molecule has 0 fully saturated rings. The highest BCUT2D eigenvalue weighted by Gasteiger charge is 2.10. The maximum absolute atomic E-state index is 13.5. The van der Waals surface area contributed by atoms with E-state index in [9.17, 15) is 13.2 Å². The number of hydrogen-bond donors (Lipinski definition) is 2. The summed E-state index contributed by atoms with van der Waals surface area (Å²) in [7, 11) is 0. The van der Waals surface area contributed by atoms with Crippen LogP contribution in [0.3, 0.4) is 0 Å². The number of anilines is 1. The Bertz CT molecular complexity index is 596. The number of hydrogen-bond acceptors (Lipinski definition) is 2. The van der Waals surface area contributed by atoms with Gasteiger partial charge < -0.3 is 10.4 Å². The van der Waals surface area contributed by atoms with Gasteiger partial charge in [0, 0.05) is 11.0 Å². The molecule has 0 aliphatic rings. The third kappa shape index (κ3) is 3.20. The molecule has 2 nitrogen and oxygen atoms in total. The highest BCUT2D eigenvalue weighted by molar-refractivity contribution is 9.10. The lowest BCUT2D eigenvalue weighted by Crippen LogP contribution is -2.04. The van der Waals surface area contributed by atoms with Crippen LogP contribution in [0.4, 0.5) is 18.9 Å². The number of phenols is 1. The van der Waals surface area contributed by atoms with Gasteiger partial charge in [0.1, 0.15) is 17.3 Å². The molecule has 2 rings (SSSR count). The summed E-state index contributed by atoms with van der Waals surface area (Å²) in [6, 6.07) is 5.99. The maximum atomic E-state index is 13.5. The molecule has 0 aliphatic carbocycles. The summed E-state index contributed by atoms with van der Waals surface area (Å²) < 4.78 is 40.4. The van der Waals surface area contributed by atoms with E-state index in [0.717, 1.165) is 18.2 Å². The standard InChI is InChI=1S/C13H9BrF3NO/c14-8-4-10(16)13(11(17)5-8)18-6-7-1-2-12(19)9(15)3-7/h1-5,18-19H,6H2. The fourth-order valence-electron chi connectivity index (χ4n) is 1.56. The zero-order valence-electron chi connectivity index (χ0n) is 9.55. The first kappa shape index (κ1) is 13.7. The first-order valence-electron chi connectivity index (χ1n) is 5.33. The van der Waals surface area contributed by atoms with Gasteiger partial charge >= 0.3 is 0 Å². The molecule has 100 valence electrons. The van der Waals surface area contributed by atoms with E-state index in [1.807, 2.05) is 0 Å². The van der Waals surface area contributed by atoms with Gasteiger partial charge in [0.15, 0.2) is 11.6 Å². The molecule has 0 saturated carbocycles. The first-order chi connectivity index (χ1) is 8.97. The molecule has 0 radical (unpaired) electrons. The Labute approximate surface area is 116 Å². The number of phenolic OH excluding ortho intramolecular Hbond substituents is 1. The van der Waals surface area contributed by atoms with Crippen LogP contribution in [0.1, 0.15) is 5.56 Å². The molecular formula is C13H9BrF3NO. The fraction of sp³-hybridized carbons (Fsp3) is 0.0769. The molecule has 0 spiro atoms. The molecular weight excluding hydrogens is 323 g/mol. The Morgan fingerprint density at radius 1 is 1.00 bits per heavy atom. The number of aromatic hydroxyl groups is 1. The van der Waals surface area contributed by atoms with Gasteiger partial charge in [-0.2, -0.15) is 0 Å². The van der Waals surface area contributed by atoms with E-state index < -0.39 is 23.2 Å². The first-order valence-corrected chi connectivity index (χ1v) is 6.12. The lowest BCUT2D eigenvalue weighted by molar-refractivity contribution is 0.432. The average Bonchev–Trinajstić information content (AvgIpc) is 2.32. The number of benzene rings is 2. The molecule has 0 aliphatic heterocycles. The quantitative estimate of drug-likeness (QED) is 0.884. The molecule has 0 amide bonds. The van der Waals surface area contributed by atoms with Crippen LogP contribution in [0.15, 0.2) is 34.8 Å². The van der Waals surface area contributed by atoms with Gasteiger partial charge in [-0.15, -0.1) is 0 Å². The van der Waals surface area contributed by atoms with Gasteiger partial charge in [-0.05, 0) is 29.8 Å². The summed E-state index contributed by atoms with van der Waals surface area (Å²) in [5, 5.41) is 11.6. The van der Waals surface area contributed by atoms with E-state index in [1.54, 1.807) is 0 Å². The molecule has 6 heteroatoms. The predicted octanol–water partition coefficient (Wildman–Crippen LogP) is 4.18. The summed E-state index contributed by atoms with van der Waals surface area (Å²) in [5.41, 5.74) is 0.175. The van der Waals surface area contributed by atoms with E-state index in [2.05, 4.69) is 21.2 Å². The summed E-state index contributed by atoms with van der Waals surface area (Å²) in [6.07, 6.45) is 0. The maximum Gasteiger partial charge on any atom is 0.165 e. The Morgan fingerprint density at radius 2 is 1.63 bits per heavy atom. The normalized spacial score (nSPS) is 10.5. The van der Waals surface area contributed by atoms with E-state index in [0.29, 0.717) is 10.0 Å². The van der Waals surface area contributed by atoms with Crippen molar-refractivity contribution in [3.63, 3.8) is 0 Å². The van der Waals surface area contributed by atoms with Gasteiger partial charge in [-0.3, -0.25) is 0 Å². The molecule has 19 heavy (non-hydrogen) atoms. The van der Waals surface area contributed by atoms with E-state index in [1.165, 1.54) is 12.1 Å². The molecule has 0 heterocycles. The Morgan fingerprint density at radius 3 is 2.21 bits per heavy atom. The van der Waals surface area contributed by atoms with Crippen molar-refractivity contribution in [3.05, 3.63) is 57.8 Å². The molecule has 2 aromatic carbocycles. The Balaban J connectivity index is 2.16. The van der Waals surface area contributed by atoms with Crippen LogP contribution >= 0.6 is 15.9 Å². The highest BCUT2D eigenvalue weighted by atomic mass is 79.9. The van der Waals surface area contributed by atoms with Gasteiger partial charge in [-0.25, -0.2) is 13.2 Å². The van der Waals surface area contributed by atoms with Crippen LogP contribution in [0.25, 0.3) is 0 Å². The zero-order chi connectivity index (χ0) is 14.0. The number of rotatable bonds is 3. The molecule has 2 aromatic rings. The second-order valence-corrected chi connectivity index (χ2v) is 4.80. The zero-order valence-corrected chi connectivity index (χ0v) is 11.1. The van der Waals surface area contributed by atoms with Crippen molar-refractivity contribution < 1.29 is 18.3 Å². The molecule has 0 saturated heterocycles. The van der Waals surface area contributed by atoms with Gasteiger partial charge in [0.2, 0.25) is 0 Å². The van der Waals surface area contributed by atoms with Gasteiger partial charge in [-0.1, -0.05) is 22.0 Å². The van der Waals surface area contributed by atoms with Gasteiger partial charge in [0.05, 0.1) is 0 Å². The molecule has 0 aromatic heterocycles. The van der Waals surface area contributed by atoms with E-state index >= 15 is 0 Å². The van der Waals surface area contributed by atoms with Crippen molar-refractivity contribution in [1.82, 2.24) is 0 Å². The second-order valence-electron chi connectivity index (χ2n) is 3.88. The molecule has 2 N–H and O–H groups in total. The largest absolute Gasteiger partial charge is 0.505 e. The van der Waals surface area contributed by atoms with E-state index in [-0.39, 0.29) is 12.2 Å². The van der Waals surface area contributed by atoms with Crippen LogP contribution in [-0.2, 0) is 6.54 Å². The van der Waals surface area contributed by atoms with Crippen molar-refractivity contribution in [3.8, 4) is 5.75 Å². The van der Waals surface area contributed by atoms with Crippen molar-refractivity contribution >= 4 is 21.6 Å². The van der Waals surface area contributed by atoms with Gasteiger partial charge in [0.25, 0.3) is 0 Å². The summed E-state index contributed by atoms with van der Waals surface area (Å²) in [5.74, 6) is -2.74. The Kier molecular flexibility index (Phi) is 3.99. The predicted molar refractivity (Wildman–Crippen MR) is 69.4 cm³/mol. The van der Waals surface area contributed by atoms with Crippen LogP contribution in [0, 0.1) is 17.5 Å². The fourth-order valence-corrected chi connectivity index (χ4v) is 1.96. The average molecular weight is 332 g/mol. The monoisotopic (exact) mass is 331 g/mol. The summed E-state index contributed by atoms with van der Waals surface area (Å²) >= 11 is 2.98. The van der Waals surface area contributed by atoms with Crippen LogP contribution in [-0.4, -0.2) is 5.11 Å². The topological polar surface area (TPSA) is 32.3 Å². The van der Waals surface area contributed by atoms with Crippen molar-refractivity contribution in [2.45, 2.75) is 6.54 Å². The van der Waals surface area contributed by atoms with Crippen LogP contribution in [0.2, 0.25) is 0 Å². The molecule has 0 bridgehead atoms. The Hall–Kier alpha value is -1.69. The third-order valence-electron chi connectivity index (χ3n) is 2.49. The summed E-state index contributed by atoms with van der Waals surface area (Å²) in [6.45, 7) is 0.0344. The lowest BCUT2D eigenvalue weighted by Gasteiger charge is -2.09. The minimum Gasteiger partial charge on any atom is -0.505 e. The summed E-state index contributed by atoms with van der Waals surface area (Å²) in [4.78, 5) is 0. The minimum absolute atomic E-state index is 0.0344.